The molecule has 0 N–H and O–H groups in total. The summed E-state index contributed by atoms with van der Waals surface area (Å²) in [4.78, 5) is 35.6. The van der Waals surface area contributed by atoms with Crippen molar-refractivity contribution in [2.75, 3.05) is 18.6 Å². The van der Waals surface area contributed by atoms with Crippen molar-refractivity contribution in [1.82, 2.24) is 9.88 Å². The maximum atomic E-state index is 13.8. The number of aromatic nitrogens is 1. The minimum Gasteiger partial charge on any atom is -0.495 e. The SMILES string of the molecule is COc1cc(N(C(=O)c2ccc(Cl)cc2Cl)c2nc(C(=O)N3CCCC3C)c(C)s2)ccc1Cl. The normalized spacial score (nSPS) is 15.5. The molecule has 178 valence electrons. The van der Waals surface area contributed by atoms with Crippen LogP contribution in [0.3, 0.4) is 0 Å². The molecular weight excluding hydrogens is 517 g/mol. The summed E-state index contributed by atoms with van der Waals surface area (Å²) in [7, 11) is 1.49. The summed E-state index contributed by atoms with van der Waals surface area (Å²) < 4.78 is 5.35. The number of nitrogens with zero attached hydrogens (tertiary/aromatic N) is 3. The Kier molecular flexibility index (Phi) is 7.38. The number of benzene rings is 2. The zero-order valence-corrected chi connectivity index (χ0v) is 21.9. The van der Waals surface area contributed by atoms with Gasteiger partial charge in [-0.25, -0.2) is 4.98 Å². The smallest absolute Gasteiger partial charge is 0.273 e. The first-order valence-electron chi connectivity index (χ1n) is 10.6. The third-order valence-corrected chi connectivity index (χ3v) is 7.57. The highest BCUT2D eigenvalue weighted by molar-refractivity contribution is 7.16. The molecular formula is C24H22Cl3N3O3S. The number of methoxy groups -OCH3 is 1. The Morgan fingerprint density at radius 1 is 1.15 bits per heavy atom. The standard InChI is InChI=1S/C24H22Cl3N3O3S/c1-13-5-4-10-29(13)23(32)21-14(2)34-24(28-21)30(16-7-9-18(26)20(12-16)33-3)22(31)17-8-6-15(25)11-19(17)27/h6-9,11-13H,4-5,10H2,1-3H3. The van der Waals surface area contributed by atoms with E-state index < -0.39 is 5.91 Å². The Hall–Kier alpha value is -2.32. The Labute approximate surface area is 217 Å². The number of hydrogen-bond donors (Lipinski definition) is 0. The Balaban J connectivity index is 1.82. The number of amides is 2. The molecule has 4 rings (SSSR count). The van der Waals surface area contributed by atoms with Crippen molar-refractivity contribution >= 4 is 68.8 Å². The van der Waals surface area contributed by atoms with Gasteiger partial charge in [-0.05, 0) is 57.0 Å². The minimum atomic E-state index is -0.423. The van der Waals surface area contributed by atoms with E-state index in [2.05, 4.69) is 4.98 Å². The molecule has 2 aromatic carbocycles. The van der Waals surface area contributed by atoms with Crippen LogP contribution in [0.4, 0.5) is 10.8 Å². The summed E-state index contributed by atoms with van der Waals surface area (Å²) in [6.07, 6.45) is 1.93. The first kappa shape index (κ1) is 24.8. The minimum absolute atomic E-state index is 0.129. The van der Waals surface area contributed by atoms with Crippen molar-refractivity contribution < 1.29 is 14.3 Å². The summed E-state index contributed by atoms with van der Waals surface area (Å²) in [6.45, 7) is 4.56. The number of halogens is 3. The molecule has 1 aromatic heterocycles. The molecule has 34 heavy (non-hydrogen) atoms. The fourth-order valence-corrected chi connectivity index (χ4v) is 5.54. The number of hydrogen-bond acceptors (Lipinski definition) is 5. The molecule has 0 bridgehead atoms. The maximum absolute atomic E-state index is 13.8. The summed E-state index contributed by atoms with van der Waals surface area (Å²) in [5.74, 6) is -0.154. The van der Waals surface area contributed by atoms with Gasteiger partial charge >= 0.3 is 0 Å². The second-order valence-electron chi connectivity index (χ2n) is 7.97. The predicted molar refractivity (Wildman–Crippen MR) is 138 cm³/mol. The molecule has 2 heterocycles. The summed E-state index contributed by atoms with van der Waals surface area (Å²) in [5.41, 5.74) is 1.06. The van der Waals surface area contributed by atoms with E-state index in [4.69, 9.17) is 39.5 Å². The van der Waals surface area contributed by atoms with Crippen molar-refractivity contribution in [2.45, 2.75) is 32.7 Å². The number of thiazole rings is 1. The van der Waals surface area contributed by atoms with E-state index in [1.54, 1.807) is 30.3 Å². The average Bonchev–Trinajstić information content (AvgIpc) is 3.39. The number of anilines is 2. The number of ether oxygens (including phenoxy) is 1. The van der Waals surface area contributed by atoms with E-state index in [0.29, 0.717) is 38.9 Å². The van der Waals surface area contributed by atoms with Gasteiger partial charge in [0.05, 0.1) is 28.4 Å². The van der Waals surface area contributed by atoms with Crippen molar-refractivity contribution in [3.63, 3.8) is 0 Å². The Morgan fingerprint density at radius 2 is 1.91 bits per heavy atom. The molecule has 0 saturated carbocycles. The molecule has 1 atom stereocenters. The Bertz CT molecular complexity index is 1260. The highest BCUT2D eigenvalue weighted by Crippen LogP contribution is 2.38. The number of aryl methyl sites for hydroxylation is 1. The van der Waals surface area contributed by atoms with Gasteiger partial charge in [-0.1, -0.05) is 34.8 Å². The lowest BCUT2D eigenvalue weighted by Gasteiger charge is -2.22. The molecule has 1 aliphatic rings. The lowest BCUT2D eigenvalue weighted by molar-refractivity contribution is 0.0741. The van der Waals surface area contributed by atoms with Crippen LogP contribution >= 0.6 is 46.1 Å². The third-order valence-electron chi connectivity index (χ3n) is 5.75. The van der Waals surface area contributed by atoms with Gasteiger partial charge in [0.25, 0.3) is 11.8 Å². The first-order chi connectivity index (χ1) is 16.2. The number of likely N-dealkylation sites (tertiary alicyclic amines) is 1. The zero-order chi connectivity index (χ0) is 24.6. The monoisotopic (exact) mass is 537 g/mol. The van der Waals surface area contributed by atoms with Crippen LogP contribution in [0.2, 0.25) is 15.1 Å². The first-order valence-corrected chi connectivity index (χ1v) is 12.6. The fourth-order valence-electron chi connectivity index (χ4n) is 3.93. The topological polar surface area (TPSA) is 62.7 Å². The van der Waals surface area contributed by atoms with E-state index in [0.717, 1.165) is 17.7 Å². The highest BCUT2D eigenvalue weighted by Gasteiger charge is 2.32. The maximum Gasteiger partial charge on any atom is 0.273 e. The molecule has 0 radical (unpaired) electrons. The molecule has 2 amide bonds. The summed E-state index contributed by atoms with van der Waals surface area (Å²) in [5, 5.41) is 1.36. The molecule has 0 aliphatic carbocycles. The van der Waals surface area contributed by atoms with Gasteiger partial charge in [-0.3, -0.25) is 14.5 Å². The molecule has 0 spiro atoms. The predicted octanol–water partition coefficient (Wildman–Crippen LogP) is 7.02. The van der Waals surface area contributed by atoms with Crippen LogP contribution in [0.1, 0.15) is 45.5 Å². The van der Waals surface area contributed by atoms with Crippen molar-refractivity contribution in [3.8, 4) is 5.75 Å². The van der Waals surface area contributed by atoms with Crippen LogP contribution in [0.15, 0.2) is 36.4 Å². The molecule has 3 aromatic rings. The lowest BCUT2D eigenvalue weighted by Crippen LogP contribution is -2.34. The molecule has 1 unspecified atom stereocenters. The molecule has 1 aliphatic heterocycles. The van der Waals surface area contributed by atoms with Crippen molar-refractivity contribution in [2.24, 2.45) is 0 Å². The molecule has 6 nitrogen and oxygen atoms in total. The van der Waals surface area contributed by atoms with Crippen LogP contribution < -0.4 is 9.64 Å². The van der Waals surface area contributed by atoms with Gasteiger partial charge < -0.3 is 9.64 Å². The van der Waals surface area contributed by atoms with Gasteiger partial charge in [0.1, 0.15) is 11.4 Å². The van der Waals surface area contributed by atoms with Crippen molar-refractivity contribution in [1.29, 1.82) is 0 Å². The van der Waals surface area contributed by atoms with Gasteiger partial charge in [0.15, 0.2) is 5.13 Å². The van der Waals surface area contributed by atoms with Crippen LogP contribution in [-0.4, -0.2) is 41.4 Å². The molecule has 1 saturated heterocycles. The molecule has 10 heteroatoms. The van der Waals surface area contributed by atoms with E-state index in [1.165, 1.54) is 29.4 Å². The summed E-state index contributed by atoms with van der Waals surface area (Å²) >= 11 is 19.9. The lowest BCUT2D eigenvalue weighted by atomic mass is 10.2. The van der Waals surface area contributed by atoms with E-state index in [-0.39, 0.29) is 22.5 Å². The van der Waals surface area contributed by atoms with E-state index in [1.807, 2.05) is 18.7 Å². The van der Waals surface area contributed by atoms with Crippen LogP contribution in [-0.2, 0) is 0 Å². The molecule has 1 fully saturated rings. The number of rotatable bonds is 5. The van der Waals surface area contributed by atoms with E-state index >= 15 is 0 Å². The van der Waals surface area contributed by atoms with Gasteiger partial charge in [0.2, 0.25) is 0 Å². The van der Waals surface area contributed by atoms with Gasteiger partial charge in [-0.2, -0.15) is 0 Å². The average molecular weight is 539 g/mol. The fraction of sp³-hybridized carbons (Fsp3) is 0.292. The number of carbonyl (C=O) groups is 2. The number of carbonyl (C=O) groups excluding carboxylic acids is 2. The van der Waals surface area contributed by atoms with Crippen LogP contribution in [0, 0.1) is 6.92 Å². The van der Waals surface area contributed by atoms with Crippen LogP contribution in [0.25, 0.3) is 0 Å². The largest absolute Gasteiger partial charge is 0.495 e. The van der Waals surface area contributed by atoms with E-state index in [9.17, 15) is 9.59 Å². The van der Waals surface area contributed by atoms with Gasteiger partial charge in [0, 0.05) is 28.6 Å². The third kappa shape index (κ3) is 4.75. The van der Waals surface area contributed by atoms with Gasteiger partial charge in [-0.15, -0.1) is 11.3 Å². The van der Waals surface area contributed by atoms with Crippen LogP contribution in [0.5, 0.6) is 5.75 Å². The summed E-state index contributed by atoms with van der Waals surface area (Å²) in [6, 6.07) is 9.79. The zero-order valence-electron chi connectivity index (χ0n) is 18.8. The quantitative estimate of drug-likeness (QED) is 0.350. The second-order valence-corrected chi connectivity index (χ2v) is 10.4. The Morgan fingerprint density at radius 3 is 2.56 bits per heavy atom. The second kappa shape index (κ2) is 10.1. The highest BCUT2D eigenvalue weighted by atomic mass is 35.5. The van der Waals surface area contributed by atoms with Crippen molar-refractivity contribution in [3.05, 3.63) is 67.6 Å².